The zero-order chi connectivity index (χ0) is 22.7. The van der Waals surface area contributed by atoms with Crippen LogP contribution in [0.1, 0.15) is 18.2 Å². The van der Waals surface area contributed by atoms with Crippen LogP contribution in [-0.4, -0.2) is 17.9 Å². The Morgan fingerprint density at radius 2 is 1.79 bits per heavy atom. The first-order valence-electron chi connectivity index (χ1n) is 10.7. The molecule has 3 aromatic rings. The van der Waals surface area contributed by atoms with Gasteiger partial charge in [0.15, 0.2) is 5.69 Å². The van der Waals surface area contributed by atoms with Gasteiger partial charge < -0.3 is 10.6 Å². The summed E-state index contributed by atoms with van der Waals surface area (Å²) in [5.74, 6) is -0.426. The molecular weight excluding hydrogens is 478 g/mol. The Hall–Kier alpha value is -3.51. The quantitative estimate of drug-likeness (QED) is 0.375. The number of carbonyl (C=O) groups excluding carboxylic acids is 2. The first-order valence-corrected chi connectivity index (χ1v) is 10.7. The van der Waals surface area contributed by atoms with E-state index in [0.29, 0.717) is 6.42 Å². The lowest BCUT2D eigenvalue weighted by atomic mass is 9.90. The number of nitrogens with zero attached hydrogens (tertiary/aromatic N) is 1. The summed E-state index contributed by atoms with van der Waals surface area (Å²) in [6, 6.07) is 16.1. The monoisotopic (exact) mass is 504 g/mol. The summed E-state index contributed by atoms with van der Waals surface area (Å²) in [6.07, 6.45) is 7.36. The second-order valence-corrected chi connectivity index (χ2v) is 7.66. The van der Waals surface area contributed by atoms with Crippen LogP contribution in [0.2, 0.25) is 0 Å². The number of hydrogen-bond donors (Lipinski definition) is 2. The molecule has 33 heavy (non-hydrogen) atoms. The van der Waals surface area contributed by atoms with Gasteiger partial charge in [-0.2, -0.15) is 4.57 Å². The van der Waals surface area contributed by atoms with Crippen molar-refractivity contribution in [3.8, 4) is 11.3 Å². The molecule has 168 valence electrons. The van der Waals surface area contributed by atoms with Gasteiger partial charge in [0.1, 0.15) is 6.54 Å². The van der Waals surface area contributed by atoms with Gasteiger partial charge in [-0.25, -0.2) is 0 Å². The van der Waals surface area contributed by atoms with E-state index < -0.39 is 0 Å². The summed E-state index contributed by atoms with van der Waals surface area (Å²) in [6.45, 7) is 9.99. The maximum atomic E-state index is 11.9. The molecule has 5 nitrogen and oxygen atoms in total. The Labute approximate surface area is 204 Å². The molecule has 1 heterocycles. The van der Waals surface area contributed by atoms with E-state index in [-0.39, 0.29) is 34.8 Å². The molecule has 0 saturated heterocycles. The molecule has 1 unspecified atom stereocenters. The number of halogens is 1. The lowest BCUT2D eigenvalue weighted by Gasteiger charge is -2.22. The van der Waals surface area contributed by atoms with Gasteiger partial charge in [-0.1, -0.05) is 49.6 Å². The number of amides is 2. The highest BCUT2D eigenvalue weighted by Crippen LogP contribution is 2.34. The summed E-state index contributed by atoms with van der Waals surface area (Å²) in [5, 5.41) is 8.02. The van der Waals surface area contributed by atoms with Crippen LogP contribution in [0.5, 0.6) is 0 Å². The fourth-order valence-corrected chi connectivity index (χ4v) is 4.32. The third-order valence-corrected chi connectivity index (χ3v) is 5.71. The van der Waals surface area contributed by atoms with E-state index in [1.54, 1.807) is 0 Å². The van der Waals surface area contributed by atoms with E-state index in [1.807, 2.05) is 42.5 Å². The van der Waals surface area contributed by atoms with Crippen molar-refractivity contribution in [1.29, 1.82) is 0 Å². The molecule has 2 amide bonds. The fraction of sp³-hybridized carbons (Fsp3) is 0.148. The molecule has 2 aromatic carbocycles. The SMILES string of the molecule is Br.C=CC(=O)Nc1ccc2c3c([n+](CC)c(-c4ccccc4)c2c1)CC(NC(=O)C=C)C=C3. The number of carbonyl (C=O) groups is 2. The second-order valence-electron chi connectivity index (χ2n) is 7.66. The molecule has 1 aliphatic rings. The lowest BCUT2D eigenvalue weighted by Crippen LogP contribution is -2.45. The van der Waals surface area contributed by atoms with Gasteiger partial charge in [0, 0.05) is 22.2 Å². The highest BCUT2D eigenvalue weighted by atomic mass is 79.9. The van der Waals surface area contributed by atoms with Crippen molar-refractivity contribution in [2.75, 3.05) is 5.32 Å². The van der Waals surface area contributed by atoms with E-state index in [0.717, 1.165) is 39.8 Å². The standard InChI is InChI=1S/C27H25N3O2.BrH/c1-4-25(31)28-19-12-14-21-22-15-13-20(29-26(32)5-2)17-24(22)30(6-3)27(23(21)16-19)18-10-8-7-9-11-18;/h4-5,7-16,20H,1-2,6,17H2,3H3,(H-,28,29,31,32);1H/p+1. The molecule has 0 saturated carbocycles. The van der Waals surface area contributed by atoms with Gasteiger partial charge in [-0.05, 0) is 43.3 Å². The fourth-order valence-electron chi connectivity index (χ4n) is 4.32. The Balaban J connectivity index is 0.00000306. The largest absolute Gasteiger partial charge is 0.346 e. The summed E-state index contributed by atoms with van der Waals surface area (Å²) < 4.78 is 2.31. The number of aromatic nitrogens is 1. The Kier molecular flexibility index (Phi) is 7.61. The van der Waals surface area contributed by atoms with Gasteiger partial charge in [-0.15, -0.1) is 17.0 Å². The molecule has 1 aliphatic carbocycles. The van der Waals surface area contributed by atoms with Crippen molar-refractivity contribution in [3.05, 3.63) is 91.2 Å². The highest BCUT2D eigenvalue weighted by Gasteiger charge is 2.30. The van der Waals surface area contributed by atoms with Crippen molar-refractivity contribution in [1.82, 2.24) is 5.32 Å². The van der Waals surface area contributed by atoms with Crippen LogP contribution < -0.4 is 15.2 Å². The lowest BCUT2D eigenvalue weighted by molar-refractivity contribution is -0.689. The number of nitrogens with one attached hydrogen (secondary N) is 2. The molecule has 0 spiro atoms. The van der Waals surface area contributed by atoms with Crippen molar-refractivity contribution in [3.63, 3.8) is 0 Å². The molecule has 6 heteroatoms. The van der Waals surface area contributed by atoms with Gasteiger partial charge in [0.2, 0.25) is 17.5 Å². The molecule has 4 rings (SSSR count). The maximum Gasteiger partial charge on any atom is 0.247 e. The Morgan fingerprint density at radius 1 is 1.06 bits per heavy atom. The molecule has 0 bridgehead atoms. The molecular formula is C27H27BrN3O2+. The summed E-state index contributed by atoms with van der Waals surface area (Å²) in [4.78, 5) is 23.8. The maximum absolute atomic E-state index is 11.9. The van der Waals surface area contributed by atoms with Crippen LogP contribution in [-0.2, 0) is 22.6 Å². The van der Waals surface area contributed by atoms with Crippen LogP contribution in [0.3, 0.4) is 0 Å². The van der Waals surface area contributed by atoms with Gasteiger partial charge >= 0.3 is 0 Å². The average Bonchev–Trinajstić information content (AvgIpc) is 2.83. The average molecular weight is 505 g/mol. The van der Waals surface area contributed by atoms with Gasteiger partial charge in [-0.3, -0.25) is 9.59 Å². The van der Waals surface area contributed by atoms with Crippen LogP contribution in [0, 0.1) is 0 Å². The smallest absolute Gasteiger partial charge is 0.247 e. The topological polar surface area (TPSA) is 62.1 Å². The van der Waals surface area contributed by atoms with E-state index in [9.17, 15) is 9.59 Å². The number of anilines is 1. The molecule has 2 N–H and O–H groups in total. The predicted molar refractivity (Wildman–Crippen MR) is 139 cm³/mol. The van der Waals surface area contributed by atoms with Gasteiger partial charge in [0.05, 0.1) is 17.8 Å². The van der Waals surface area contributed by atoms with Crippen molar-refractivity contribution in [2.24, 2.45) is 0 Å². The molecule has 0 radical (unpaired) electrons. The van der Waals surface area contributed by atoms with Crippen LogP contribution in [0.4, 0.5) is 5.69 Å². The van der Waals surface area contributed by atoms with E-state index >= 15 is 0 Å². The molecule has 0 fully saturated rings. The van der Waals surface area contributed by atoms with Crippen LogP contribution in [0.25, 0.3) is 28.1 Å². The predicted octanol–water partition coefficient (Wildman–Crippen LogP) is 4.76. The van der Waals surface area contributed by atoms with Crippen LogP contribution >= 0.6 is 17.0 Å². The van der Waals surface area contributed by atoms with E-state index in [2.05, 4.69) is 53.5 Å². The minimum atomic E-state index is -0.243. The third-order valence-electron chi connectivity index (χ3n) is 5.71. The molecule has 1 atom stereocenters. The normalized spacial score (nSPS) is 14.0. The number of hydrogen-bond acceptors (Lipinski definition) is 2. The summed E-state index contributed by atoms with van der Waals surface area (Å²) >= 11 is 0. The number of benzene rings is 2. The van der Waals surface area contributed by atoms with Crippen molar-refractivity contribution < 1.29 is 14.2 Å². The van der Waals surface area contributed by atoms with Crippen molar-refractivity contribution in [2.45, 2.75) is 25.9 Å². The van der Waals surface area contributed by atoms with E-state index in [4.69, 9.17) is 0 Å². The number of pyridine rings is 1. The van der Waals surface area contributed by atoms with Crippen LogP contribution in [0.15, 0.2) is 79.9 Å². The van der Waals surface area contributed by atoms with Gasteiger partial charge in [0.25, 0.3) is 0 Å². The zero-order valence-corrected chi connectivity index (χ0v) is 20.2. The first-order chi connectivity index (χ1) is 15.5. The third kappa shape index (κ3) is 4.81. The zero-order valence-electron chi connectivity index (χ0n) is 18.5. The highest BCUT2D eigenvalue weighted by molar-refractivity contribution is 8.93. The molecule has 0 aliphatic heterocycles. The Morgan fingerprint density at radius 3 is 2.45 bits per heavy atom. The number of fused-ring (bicyclic) bond motifs is 3. The van der Waals surface area contributed by atoms with E-state index in [1.165, 1.54) is 17.8 Å². The molecule has 1 aromatic heterocycles. The van der Waals surface area contributed by atoms with Crippen molar-refractivity contribution >= 4 is 51.3 Å². The minimum Gasteiger partial charge on any atom is -0.346 e. The Bertz CT molecular complexity index is 1270. The summed E-state index contributed by atoms with van der Waals surface area (Å²) in [7, 11) is 0. The second kappa shape index (κ2) is 10.4. The summed E-state index contributed by atoms with van der Waals surface area (Å²) in [5.41, 5.74) is 5.19. The minimum absolute atomic E-state index is 0. The first kappa shape index (κ1) is 24.1. The number of rotatable bonds is 6.